The summed E-state index contributed by atoms with van der Waals surface area (Å²) in [5, 5.41) is 7.96. The van der Waals surface area contributed by atoms with Gasteiger partial charge in [0.05, 0.1) is 5.39 Å². The molecule has 0 radical (unpaired) electrons. The van der Waals surface area contributed by atoms with Crippen LogP contribution < -0.4 is 17.0 Å². The number of hydrogen-bond donors (Lipinski definition) is 2. The number of piperidine rings is 1. The molecule has 1 aromatic carbocycles. The molecule has 1 aliphatic heterocycles. The molecule has 0 saturated carbocycles. The summed E-state index contributed by atoms with van der Waals surface area (Å²) in [5.41, 5.74) is 11.6. The van der Waals surface area contributed by atoms with Gasteiger partial charge in [0.25, 0.3) is 11.5 Å². The van der Waals surface area contributed by atoms with Crippen molar-refractivity contribution in [1.82, 2.24) is 19.9 Å². The van der Waals surface area contributed by atoms with Gasteiger partial charge in [0.15, 0.2) is 6.73 Å². The maximum Gasteiger partial charge on any atom is 0.324 e. The summed E-state index contributed by atoms with van der Waals surface area (Å²) in [6.07, 6.45) is 0.718. The van der Waals surface area contributed by atoms with Gasteiger partial charge in [-0.2, -0.15) is 4.68 Å². The number of nitrogen functional groups attached to an aromatic ring is 1. The molecule has 2 aromatic rings. The number of ether oxygens (including phenoxy) is 1. The number of hydrogen-bond acceptors (Lipinski definition) is 9. The molecule has 1 saturated heterocycles. The lowest BCUT2D eigenvalue weighted by molar-refractivity contribution is -0.164. The van der Waals surface area contributed by atoms with Gasteiger partial charge in [-0.3, -0.25) is 19.2 Å². The van der Waals surface area contributed by atoms with E-state index in [0.717, 1.165) is 9.58 Å². The summed E-state index contributed by atoms with van der Waals surface area (Å²) >= 11 is 0. The Bertz CT molecular complexity index is 1060. The van der Waals surface area contributed by atoms with Gasteiger partial charge in [0.2, 0.25) is 5.91 Å². The van der Waals surface area contributed by atoms with Crippen LogP contribution in [0.2, 0.25) is 0 Å². The average Bonchev–Trinajstić information content (AvgIpc) is 2.73. The van der Waals surface area contributed by atoms with Crippen molar-refractivity contribution < 1.29 is 19.1 Å². The largest absolute Gasteiger partial charge is 0.443 e. The maximum atomic E-state index is 12.9. The van der Waals surface area contributed by atoms with Crippen molar-refractivity contribution >= 4 is 46.8 Å². The third-order valence-corrected chi connectivity index (χ3v) is 5.39. The standard InChI is InChI=1S/C19H24N6O5.ClH/c1-3-10(2)16(21)19(29)30-9-24-14(26)8-7-13(17(24)27)25-18(28)15-11(20)5-4-6-12(15)22-23-25;/h4-6,10,13,16H,3,7-9,20-21H2,1-2H3;1H/t10?,13?,16-;/m0./s1. The smallest absolute Gasteiger partial charge is 0.324 e. The van der Waals surface area contributed by atoms with Gasteiger partial charge in [-0.25, -0.2) is 4.90 Å². The van der Waals surface area contributed by atoms with E-state index >= 15 is 0 Å². The Morgan fingerprint density at radius 2 is 2.03 bits per heavy atom. The first-order chi connectivity index (χ1) is 14.3. The zero-order valence-corrected chi connectivity index (χ0v) is 18.0. The predicted octanol–water partition coefficient (Wildman–Crippen LogP) is 0.360. The normalized spacial score (nSPS) is 18.4. The monoisotopic (exact) mass is 452 g/mol. The van der Waals surface area contributed by atoms with Gasteiger partial charge in [-0.05, 0) is 24.5 Å². The number of nitrogens with zero attached hydrogens (tertiary/aromatic N) is 4. The Morgan fingerprint density at radius 3 is 2.71 bits per heavy atom. The number of aromatic nitrogens is 3. The minimum atomic E-state index is -1.06. The molecule has 2 amide bonds. The van der Waals surface area contributed by atoms with Crippen molar-refractivity contribution in [1.29, 1.82) is 0 Å². The maximum absolute atomic E-state index is 12.9. The fourth-order valence-electron chi connectivity index (χ4n) is 3.22. The molecule has 12 heteroatoms. The number of anilines is 1. The average molecular weight is 453 g/mol. The summed E-state index contributed by atoms with van der Waals surface area (Å²) < 4.78 is 6.01. The van der Waals surface area contributed by atoms with E-state index in [9.17, 15) is 19.2 Å². The van der Waals surface area contributed by atoms with Gasteiger partial charge in [-0.15, -0.1) is 17.5 Å². The summed E-state index contributed by atoms with van der Waals surface area (Å²) in [5.74, 6) is -2.04. The lowest BCUT2D eigenvalue weighted by atomic mass is 10.0. The lowest BCUT2D eigenvalue weighted by Gasteiger charge is -2.30. The number of imide groups is 1. The van der Waals surface area contributed by atoms with Gasteiger partial charge >= 0.3 is 5.97 Å². The van der Waals surface area contributed by atoms with E-state index in [1.54, 1.807) is 25.1 Å². The Labute approximate surface area is 184 Å². The van der Waals surface area contributed by atoms with Crippen LogP contribution in [0.4, 0.5) is 5.69 Å². The molecule has 4 N–H and O–H groups in total. The van der Waals surface area contributed by atoms with Gasteiger partial charge in [0, 0.05) is 12.1 Å². The molecule has 2 unspecified atom stereocenters. The van der Waals surface area contributed by atoms with Crippen molar-refractivity contribution in [3.63, 3.8) is 0 Å². The Balaban J connectivity index is 0.00000341. The molecular weight excluding hydrogens is 428 g/mol. The second-order valence-electron chi connectivity index (χ2n) is 7.30. The number of halogens is 1. The minimum Gasteiger partial charge on any atom is -0.443 e. The SMILES string of the molecule is CCC(C)[C@H](N)C(=O)OCN1C(=O)CCC(n2nnc3cccc(N)c3c2=O)C1=O.Cl. The second kappa shape index (κ2) is 9.84. The van der Waals surface area contributed by atoms with E-state index in [2.05, 4.69) is 10.3 Å². The zero-order valence-electron chi connectivity index (χ0n) is 17.2. The highest BCUT2D eigenvalue weighted by molar-refractivity contribution is 5.99. The topological polar surface area (TPSA) is 164 Å². The molecule has 11 nitrogen and oxygen atoms in total. The fourth-order valence-corrected chi connectivity index (χ4v) is 3.22. The zero-order chi connectivity index (χ0) is 22.0. The van der Waals surface area contributed by atoms with E-state index < -0.39 is 42.2 Å². The van der Waals surface area contributed by atoms with Crippen LogP contribution in [0.1, 0.15) is 39.2 Å². The van der Waals surface area contributed by atoms with Crippen LogP contribution >= 0.6 is 12.4 Å². The summed E-state index contributed by atoms with van der Waals surface area (Å²) in [4.78, 5) is 50.9. The number of rotatable bonds is 6. The number of esters is 1. The molecule has 31 heavy (non-hydrogen) atoms. The van der Waals surface area contributed by atoms with Crippen molar-refractivity contribution in [3.8, 4) is 0 Å². The molecule has 1 aliphatic rings. The predicted molar refractivity (Wildman–Crippen MR) is 114 cm³/mol. The Kier molecular flexibility index (Phi) is 7.69. The molecule has 2 heterocycles. The van der Waals surface area contributed by atoms with Crippen molar-refractivity contribution in [3.05, 3.63) is 28.6 Å². The van der Waals surface area contributed by atoms with Gasteiger partial charge in [-0.1, -0.05) is 31.5 Å². The first kappa shape index (κ1) is 24.2. The first-order valence-corrected chi connectivity index (χ1v) is 9.66. The molecule has 1 aromatic heterocycles. The highest BCUT2D eigenvalue weighted by atomic mass is 35.5. The number of amides is 2. The molecule has 3 rings (SSSR count). The minimum absolute atomic E-state index is 0. The summed E-state index contributed by atoms with van der Waals surface area (Å²) in [6, 6.07) is 2.85. The molecule has 0 spiro atoms. The summed E-state index contributed by atoms with van der Waals surface area (Å²) in [7, 11) is 0. The van der Waals surface area contributed by atoms with E-state index in [0.29, 0.717) is 11.9 Å². The van der Waals surface area contributed by atoms with Crippen LogP contribution in [0.15, 0.2) is 23.0 Å². The number of benzene rings is 1. The third-order valence-electron chi connectivity index (χ3n) is 5.39. The van der Waals surface area contributed by atoms with E-state index in [4.69, 9.17) is 16.2 Å². The Morgan fingerprint density at radius 1 is 1.32 bits per heavy atom. The van der Waals surface area contributed by atoms with E-state index in [-0.39, 0.29) is 42.2 Å². The van der Waals surface area contributed by atoms with Crippen LogP contribution in [-0.2, 0) is 19.1 Å². The quantitative estimate of drug-likeness (QED) is 0.357. The van der Waals surface area contributed by atoms with Crippen LogP contribution in [0.3, 0.4) is 0 Å². The molecule has 0 bridgehead atoms. The van der Waals surface area contributed by atoms with Crippen LogP contribution in [0.5, 0.6) is 0 Å². The lowest BCUT2D eigenvalue weighted by Crippen LogP contribution is -2.50. The van der Waals surface area contributed by atoms with Gasteiger partial charge in [0.1, 0.15) is 17.6 Å². The summed E-state index contributed by atoms with van der Waals surface area (Å²) in [6.45, 7) is 3.11. The van der Waals surface area contributed by atoms with Crippen molar-refractivity contribution in [2.75, 3.05) is 12.5 Å². The highest BCUT2D eigenvalue weighted by Crippen LogP contribution is 2.23. The number of carbonyl (C=O) groups is 3. The van der Waals surface area contributed by atoms with Crippen LogP contribution in [0.25, 0.3) is 10.9 Å². The second-order valence-corrected chi connectivity index (χ2v) is 7.30. The number of fused-ring (bicyclic) bond motifs is 1. The molecule has 168 valence electrons. The molecule has 3 atom stereocenters. The van der Waals surface area contributed by atoms with Gasteiger partial charge < -0.3 is 16.2 Å². The highest BCUT2D eigenvalue weighted by Gasteiger charge is 2.38. The third kappa shape index (κ3) is 4.67. The fraction of sp³-hybridized carbons (Fsp3) is 0.474. The van der Waals surface area contributed by atoms with Crippen LogP contribution in [0, 0.1) is 5.92 Å². The van der Waals surface area contributed by atoms with E-state index in [1.807, 2.05) is 6.92 Å². The first-order valence-electron chi connectivity index (χ1n) is 9.66. The number of likely N-dealkylation sites (tertiary alicyclic amines) is 1. The molecule has 0 aliphatic carbocycles. The number of carbonyl (C=O) groups excluding carboxylic acids is 3. The number of nitrogens with two attached hydrogens (primary N) is 2. The molecular formula is C19H25ClN6O5. The van der Waals surface area contributed by atoms with E-state index in [1.165, 1.54) is 0 Å². The van der Waals surface area contributed by atoms with Crippen LogP contribution in [-0.4, -0.2) is 50.5 Å². The molecule has 1 fully saturated rings. The van der Waals surface area contributed by atoms with Crippen molar-refractivity contribution in [2.45, 2.75) is 45.2 Å². The Hall–Kier alpha value is -3.05. The van der Waals surface area contributed by atoms with Crippen molar-refractivity contribution in [2.24, 2.45) is 11.7 Å².